The molecule has 0 aromatic heterocycles. The van der Waals surface area contributed by atoms with Crippen LogP contribution in [0.15, 0.2) is 18.2 Å². The van der Waals surface area contributed by atoms with Gasteiger partial charge in [-0.15, -0.1) is 0 Å². The Morgan fingerprint density at radius 3 is 2.65 bits per heavy atom. The van der Waals surface area contributed by atoms with E-state index in [1.165, 1.54) is 0 Å². The molecule has 130 valence electrons. The van der Waals surface area contributed by atoms with Gasteiger partial charge in [-0.25, -0.2) is 4.39 Å². The molecule has 0 aliphatic carbocycles. The third-order valence-corrected chi connectivity index (χ3v) is 4.33. The van der Waals surface area contributed by atoms with Crippen LogP contribution in [0.1, 0.15) is 33.6 Å². The van der Waals surface area contributed by atoms with Gasteiger partial charge >= 0.3 is 0 Å². The van der Waals surface area contributed by atoms with Crippen molar-refractivity contribution >= 4 is 11.4 Å². The number of halogens is 1. The number of nitrogens with zero attached hydrogens (tertiary/aromatic N) is 1. The maximum Gasteiger partial charge on any atom is 0.148 e. The molecule has 0 spiro atoms. The maximum absolute atomic E-state index is 14.3. The second kappa shape index (κ2) is 8.50. The lowest BCUT2D eigenvalue weighted by Gasteiger charge is -2.37. The van der Waals surface area contributed by atoms with Crippen molar-refractivity contribution in [1.82, 2.24) is 0 Å². The standard InChI is InChI=1S/C18H30FN3O/c1-13(10-20)5-4-8-21-18-7-6-16(9-17(18)19)22-11-14(2)23-15(3)12-22/h6-7,9,13-15,21H,4-5,8,10-12,20H2,1-3H3. The van der Waals surface area contributed by atoms with Crippen molar-refractivity contribution < 1.29 is 9.13 Å². The van der Waals surface area contributed by atoms with Crippen LogP contribution in [0.2, 0.25) is 0 Å². The lowest BCUT2D eigenvalue weighted by molar-refractivity contribution is -0.00523. The van der Waals surface area contributed by atoms with E-state index in [0.29, 0.717) is 18.2 Å². The molecule has 0 radical (unpaired) electrons. The van der Waals surface area contributed by atoms with E-state index >= 15 is 0 Å². The smallest absolute Gasteiger partial charge is 0.148 e. The van der Waals surface area contributed by atoms with E-state index in [0.717, 1.165) is 38.2 Å². The summed E-state index contributed by atoms with van der Waals surface area (Å²) >= 11 is 0. The molecular formula is C18H30FN3O. The molecule has 2 rings (SSSR count). The highest BCUT2D eigenvalue weighted by Crippen LogP contribution is 2.25. The van der Waals surface area contributed by atoms with Gasteiger partial charge in [0.1, 0.15) is 5.82 Å². The molecule has 1 fully saturated rings. The highest BCUT2D eigenvalue weighted by molar-refractivity contribution is 5.56. The van der Waals surface area contributed by atoms with E-state index in [1.54, 1.807) is 6.07 Å². The lowest BCUT2D eigenvalue weighted by Crippen LogP contribution is -2.45. The van der Waals surface area contributed by atoms with E-state index in [9.17, 15) is 4.39 Å². The molecule has 3 unspecified atom stereocenters. The van der Waals surface area contributed by atoms with E-state index in [4.69, 9.17) is 10.5 Å². The molecule has 1 aliphatic rings. The van der Waals surface area contributed by atoms with Gasteiger partial charge in [-0.05, 0) is 57.4 Å². The number of rotatable bonds is 7. The number of hydrogen-bond acceptors (Lipinski definition) is 4. The third kappa shape index (κ3) is 5.36. The van der Waals surface area contributed by atoms with Crippen molar-refractivity contribution in [1.29, 1.82) is 0 Å². The van der Waals surface area contributed by atoms with Crippen LogP contribution >= 0.6 is 0 Å². The Bertz CT molecular complexity index is 487. The molecule has 1 aromatic carbocycles. The fourth-order valence-electron chi connectivity index (χ4n) is 3.02. The molecule has 1 heterocycles. The van der Waals surface area contributed by atoms with Gasteiger partial charge < -0.3 is 20.7 Å². The first-order valence-electron chi connectivity index (χ1n) is 8.63. The molecular weight excluding hydrogens is 293 g/mol. The molecule has 4 nitrogen and oxygen atoms in total. The predicted molar refractivity (Wildman–Crippen MR) is 94.6 cm³/mol. The Hall–Kier alpha value is -1.33. The van der Waals surface area contributed by atoms with Crippen molar-refractivity contribution in [3.63, 3.8) is 0 Å². The molecule has 1 saturated heterocycles. The second-order valence-corrected chi connectivity index (χ2v) is 6.74. The molecule has 0 saturated carbocycles. The summed E-state index contributed by atoms with van der Waals surface area (Å²) in [6.45, 7) is 9.32. The first-order chi connectivity index (χ1) is 11.0. The van der Waals surface area contributed by atoms with Crippen molar-refractivity contribution in [2.75, 3.05) is 36.4 Å². The largest absolute Gasteiger partial charge is 0.383 e. The van der Waals surface area contributed by atoms with Gasteiger partial charge in [0.25, 0.3) is 0 Å². The number of ether oxygens (including phenoxy) is 1. The zero-order chi connectivity index (χ0) is 16.8. The highest BCUT2D eigenvalue weighted by Gasteiger charge is 2.22. The molecule has 23 heavy (non-hydrogen) atoms. The summed E-state index contributed by atoms with van der Waals surface area (Å²) in [5.74, 6) is 0.329. The minimum atomic E-state index is -0.193. The zero-order valence-corrected chi connectivity index (χ0v) is 14.5. The van der Waals surface area contributed by atoms with Crippen molar-refractivity contribution in [3.05, 3.63) is 24.0 Å². The Morgan fingerprint density at radius 2 is 2.04 bits per heavy atom. The predicted octanol–water partition coefficient (Wildman–Crippen LogP) is 3.23. The summed E-state index contributed by atoms with van der Waals surface area (Å²) in [5, 5.41) is 3.18. The number of nitrogens with one attached hydrogen (secondary N) is 1. The summed E-state index contributed by atoms with van der Waals surface area (Å²) in [7, 11) is 0. The number of morpholine rings is 1. The van der Waals surface area contributed by atoms with Crippen molar-refractivity contribution in [2.24, 2.45) is 11.7 Å². The van der Waals surface area contributed by atoms with Crippen LogP contribution in [0.25, 0.3) is 0 Å². The van der Waals surface area contributed by atoms with Crippen molar-refractivity contribution in [3.8, 4) is 0 Å². The van der Waals surface area contributed by atoms with Gasteiger partial charge in [0.05, 0.1) is 17.9 Å². The summed E-state index contributed by atoms with van der Waals surface area (Å²) in [4.78, 5) is 2.19. The Balaban J connectivity index is 1.90. The fourth-order valence-corrected chi connectivity index (χ4v) is 3.02. The maximum atomic E-state index is 14.3. The van der Waals surface area contributed by atoms with Gasteiger partial charge in [0.15, 0.2) is 0 Å². The molecule has 1 aliphatic heterocycles. The summed E-state index contributed by atoms with van der Waals surface area (Å²) in [6.07, 6.45) is 2.40. The van der Waals surface area contributed by atoms with E-state index in [-0.39, 0.29) is 18.0 Å². The van der Waals surface area contributed by atoms with E-state index in [1.807, 2.05) is 12.1 Å². The van der Waals surface area contributed by atoms with Gasteiger partial charge in [0.2, 0.25) is 0 Å². The summed E-state index contributed by atoms with van der Waals surface area (Å²) < 4.78 is 20.0. The zero-order valence-electron chi connectivity index (χ0n) is 14.5. The first-order valence-corrected chi connectivity index (χ1v) is 8.63. The summed E-state index contributed by atoms with van der Waals surface area (Å²) in [6, 6.07) is 5.44. The topological polar surface area (TPSA) is 50.5 Å². The normalized spacial score (nSPS) is 22.9. The minimum absolute atomic E-state index is 0.171. The van der Waals surface area contributed by atoms with Crippen molar-refractivity contribution in [2.45, 2.75) is 45.8 Å². The number of anilines is 2. The van der Waals surface area contributed by atoms with Crippen LogP contribution < -0.4 is 16.0 Å². The molecule has 0 bridgehead atoms. The molecule has 3 N–H and O–H groups in total. The summed E-state index contributed by atoms with van der Waals surface area (Å²) in [5.41, 5.74) is 7.10. The molecule has 5 heteroatoms. The molecule has 0 amide bonds. The monoisotopic (exact) mass is 323 g/mol. The minimum Gasteiger partial charge on any atom is -0.383 e. The van der Waals surface area contributed by atoms with Crippen LogP contribution in [0, 0.1) is 11.7 Å². The van der Waals surface area contributed by atoms with Crippen LogP contribution in [0.3, 0.4) is 0 Å². The Morgan fingerprint density at radius 1 is 1.35 bits per heavy atom. The highest BCUT2D eigenvalue weighted by atomic mass is 19.1. The van der Waals surface area contributed by atoms with Gasteiger partial charge in [-0.1, -0.05) is 6.92 Å². The quantitative estimate of drug-likeness (QED) is 0.757. The number of benzene rings is 1. The fraction of sp³-hybridized carbons (Fsp3) is 0.667. The first kappa shape index (κ1) is 18.0. The van der Waals surface area contributed by atoms with E-state index in [2.05, 4.69) is 31.0 Å². The van der Waals surface area contributed by atoms with E-state index < -0.39 is 0 Å². The number of nitrogens with two attached hydrogens (primary N) is 1. The SMILES string of the molecule is CC(CN)CCCNc1ccc(N2CC(C)OC(C)C2)cc1F. The van der Waals surface area contributed by atoms with Gasteiger partial charge in [-0.3, -0.25) is 0 Å². The van der Waals surface area contributed by atoms with Gasteiger partial charge in [0, 0.05) is 25.3 Å². The number of hydrogen-bond donors (Lipinski definition) is 2. The third-order valence-electron chi connectivity index (χ3n) is 4.33. The van der Waals surface area contributed by atoms with Crippen LogP contribution in [-0.2, 0) is 4.74 Å². The average Bonchev–Trinajstić information content (AvgIpc) is 2.51. The van der Waals surface area contributed by atoms with Gasteiger partial charge in [-0.2, -0.15) is 0 Å². The molecule has 3 atom stereocenters. The Labute approximate surface area is 139 Å². The van der Waals surface area contributed by atoms with Crippen LogP contribution in [0.4, 0.5) is 15.8 Å². The van der Waals surface area contributed by atoms with Crippen LogP contribution in [-0.4, -0.2) is 38.4 Å². The average molecular weight is 323 g/mol. The van der Waals surface area contributed by atoms with Crippen LogP contribution in [0.5, 0.6) is 0 Å². The Kier molecular flexibility index (Phi) is 6.66. The second-order valence-electron chi connectivity index (χ2n) is 6.74. The lowest BCUT2D eigenvalue weighted by atomic mass is 10.1. The molecule has 1 aromatic rings.